The third-order valence-corrected chi connectivity index (χ3v) is 4.04. The van der Waals surface area contributed by atoms with Gasteiger partial charge in [0.05, 0.1) is 18.1 Å². The summed E-state index contributed by atoms with van der Waals surface area (Å²) in [5.41, 5.74) is 8.22. The van der Waals surface area contributed by atoms with Crippen molar-refractivity contribution in [3.8, 4) is 17.3 Å². The molecule has 136 valence electrons. The molecule has 0 radical (unpaired) electrons. The third-order valence-electron chi connectivity index (χ3n) is 4.04. The second-order valence-electron chi connectivity index (χ2n) is 5.79. The van der Waals surface area contributed by atoms with Crippen LogP contribution in [0.25, 0.3) is 22.6 Å². The van der Waals surface area contributed by atoms with Gasteiger partial charge in [0, 0.05) is 11.8 Å². The van der Waals surface area contributed by atoms with E-state index >= 15 is 0 Å². The highest BCUT2D eigenvalue weighted by Crippen LogP contribution is 2.26. The molecule has 4 aromatic rings. The lowest BCUT2D eigenvalue weighted by atomic mass is 10.3. The van der Waals surface area contributed by atoms with Crippen LogP contribution in [-0.2, 0) is 11.3 Å². The van der Waals surface area contributed by atoms with Crippen LogP contribution in [0.15, 0.2) is 53.2 Å². The van der Waals surface area contributed by atoms with Crippen molar-refractivity contribution in [3.63, 3.8) is 0 Å². The van der Waals surface area contributed by atoms with Crippen LogP contribution in [-0.4, -0.2) is 32.9 Å². The largest absolute Gasteiger partial charge is 0.497 e. The molecule has 0 unspecified atom stereocenters. The molecule has 2 heterocycles. The maximum absolute atomic E-state index is 12.6. The van der Waals surface area contributed by atoms with E-state index in [-0.39, 0.29) is 18.3 Å². The number of nitrogens with one attached hydrogen (secondary N) is 1. The van der Waals surface area contributed by atoms with Gasteiger partial charge in [0.2, 0.25) is 5.91 Å². The Morgan fingerprint density at radius 1 is 1.22 bits per heavy atom. The Morgan fingerprint density at radius 2 is 2.07 bits per heavy atom. The van der Waals surface area contributed by atoms with Crippen molar-refractivity contribution >= 4 is 28.4 Å². The first-order valence-corrected chi connectivity index (χ1v) is 8.13. The lowest BCUT2D eigenvalue weighted by Gasteiger charge is -2.10. The summed E-state index contributed by atoms with van der Waals surface area (Å²) in [6.45, 7) is 0.0133. The number of rotatable bonds is 5. The zero-order chi connectivity index (χ0) is 18.8. The van der Waals surface area contributed by atoms with Gasteiger partial charge in [-0.1, -0.05) is 18.2 Å². The molecule has 0 atom stereocenters. The monoisotopic (exact) mass is 364 g/mol. The number of nitrogens with zero attached hydrogens (tertiary/aromatic N) is 4. The number of carbonyl (C=O) groups excluding carboxylic acids is 1. The minimum atomic E-state index is -0.234. The molecular formula is C18H16N6O3. The summed E-state index contributed by atoms with van der Waals surface area (Å²) < 4.78 is 11.6. The number of amides is 1. The Morgan fingerprint density at radius 3 is 2.85 bits per heavy atom. The summed E-state index contributed by atoms with van der Waals surface area (Å²) in [5, 5.41) is 10.3. The van der Waals surface area contributed by atoms with Crippen molar-refractivity contribution in [2.24, 2.45) is 0 Å². The molecule has 2 aromatic carbocycles. The van der Waals surface area contributed by atoms with Crippen molar-refractivity contribution in [2.75, 3.05) is 18.2 Å². The van der Waals surface area contributed by atoms with Crippen molar-refractivity contribution in [3.05, 3.63) is 48.5 Å². The summed E-state index contributed by atoms with van der Waals surface area (Å²) in [7, 11) is 1.57. The molecule has 3 N–H and O–H groups in total. The molecule has 1 amide bonds. The van der Waals surface area contributed by atoms with Crippen molar-refractivity contribution in [1.29, 1.82) is 0 Å². The van der Waals surface area contributed by atoms with Crippen LogP contribution in [0.2, 0.25) is 0 Å². The number of anilines is 2. The van der Waals surface area contributed by atoms with Crippen LogP contribution in [0, 0.1) is 0 Å². The number of imidazole rings is 1. The Kier molecular flexibility index (Phi) is 4.17. The van der Waals surface area contributed by atoms with Gasteiger partial charge in [0.15, 0.2) is 17.3 Å². The molecule has 4 rings (SSSR count). The van der Waals surface area contributed by atoms with Gasteiger partial charge in [-0.25, -0.2) is 9.61 Å². The van der Waals surface area contributed by atoms with E-state index in [4.69, 9.17) is 10.5 Å². The predicted molar refractivity (Wildman–Crippen MR) is 99.1 cm³/mol. The highest BCUT2D eigenvalue weighted by molar-refractivity contribution is 5.93. The number of hydrogen-bond acceptors (Lipinski definition) is 7. The van der Waals surface area contributed by atoms with E-state index in [1.165, 1.54) is 0 Å². The maximum Gasteiger partial charge on any atom is 0.244 e. The van der Waals surface area contributed by atoms with Crippen LogP contribution in [0.1, 0.15) is 0 Å². The molecule has 0 spiro atoms. The Labute approximate surface area is 153 Å². The summed E-state index contributed by atoms with van der Waals surface area (Å²) in [6.07, 6.45) is 0. The van der Waals surface area contributed by atoms with E-state index in [1.54, 1.807) is 35.9 Å². The van der Waals surface area contributed by atoms with Crippen molar-refractivity contribution in [2.45, 2.75) is 6.54 Å². The number of benzene rings is 2. The molecule has 9 nitrogen and oxygen atoms in total. The number of nitrogen functional groups attached to an aromatic ring is 1. The van der Waals surface area contributed by atoms with E-state index in [0.717, 1.165) is 5.52 Å². The van der Waals surface area contributed by atoms with E-state index in [2.05, 4.69) is 25.2 Å². The predicted octanol–water partition coefficient (Wildman–Crippen LogP) is 2.32. The van der Waals surface area contributed by atoms with E-state index in [9.17, 15) is 4.79 Å². The van der Waals surface area contributed by atoms with Gasteiger partial charge in [-0.2, -0.15) is 0 Å². The maximum atomic E-state index is 12.6. The topological polar surface area (TPSA) is 121 Å². The fraction of sp³-hybridized carbons (Fsp3) is 0.111. The van der Waals surface area contributed by atoms with Crippen LogP contribution < -0.4 is 15.8 Å². The Balaban J connectivity index is 1.68. The second-order valence-corrected chi connectivity index (χ2v) is 5.79. The molecule has 0 fully saturated rings. The number of aromatic nitrogens is 4. The zero-order valence-corrected chi connectivity index (χ0v) is 14.4. The first-order chi connectivity index (χ1) is 13.2. The van der Waals surface area contributed by atoms with Gasteiger partial charge < -0.3 is 20.4 Å². The average molecular weight is 364 g/mol. The second kappa shape index (κ2) is 6.79. The molecule has 27 heavy (non-hydrogen) atoms. The van der Waals surface area contributed by atoms with E-state index in [1.807, 2.05) is 24.3 Å². The van der Waals surface area contributed by atoms with Gasteiger partial charge in [0.1, 0.15) is 12.3 Å². The highest BCUT2D eigenvalue weighted by Gasteiger charge is 2.20. The summed E-state index contributed by atoms with van der Waals surface area (Å²) in [5.74, 6) is 0.946. The number of fused-ring (bicyclic) bond motifs is 1. The van der Waals surface area contributed by atoms with Crippen LogP contribution in [0.3, 0.4) is 0 Å². The molecule has 0 saturated carbocycles. The molecule has 0 aliphatic heterocycles. The average Bonchev–Trinajstić information content (AvgIpc) is 3.25. The summed E-state index contributed by atoms with van der Waals surface area (Å²) in [4.78, 5) is 17.2. The first-order valence-electron chi connectivity index (χ1n) is 8.13. The highest BCUT2D eigenvalue weighted by atomic mass is 16.6. The minimum Gasteiger partial charge on any atom is -0.497 e. The van der Waals surface area contributed by atoms with Crippen LogP contribution in [0.5, 0.6) is 5.75 Å². The third kappa shape index (κ3) is 3.17. The molecule has 0 aliphatic carbocycles. The SMILES string of the molecule is COc1cccc(NC(=O)Cn2c(-c3nonc3N)nc3ccccc32)c1. The van der Waals surface area contributed by atoms with Gasteiger partial charge in [0.25, 0.3) is 0 Å². The van der Waals surface area contributed by atoms with Crippen LogP contribution >= 0.6 is 0 Å². The molecule has 0 aliphatic rings. The molecule has 0 bridgehead atoms. The molecule has 9 heteroatoms. The van der Waals surface area contributed by atoms with Gasteiger partial charge >= 0.3 is 0 Å². The number of para-hydroxylation sites is 2. The number of hydrogen-bond donors (Lipinski definition) is 2. The lowest BCUT2D eigenvalue weighted by Crippen LogP contribution is -2.19. The summed E-state index contributed by atoms with van der Waals surface area (Å²) >= 11 is 0. The van der Waals surface area contributed by atoms with Crippen LogP contribution in [0.4, 0.5) is 11.5 Å². The lowest BCUT2D eigenvalue weighted by molar-refractivity contribution is -0.116. The summed E-state index contributed by atoms with van der Waals surface area (Å²) in [6, 6.07) is 14.6. The fourth-order valence-electron chi connectivity index (χ4n) is 2.81. The van der Waals surface area contributed by atoms with Crippen molar-refractivity contribution < 1.29 is 14.2 Å². The fourth-order valence-corrected chi connectivity index (χ4v) is 2.81. The number of carbonyl (C=O) groups is 1. The first kappa shape index (κ1) is 16.6. The van der Waals surface area contributed by atoms with Crippen molar-refractivity contribution in [1.82, 2.24) is 19.9 Å². The number of nitrogens with two attached hydrogens (primary N) is 1. The number of ether oxygens (including phenoxy) is 1. The Bertz CT molecular complexity index is 1120. The minimum absolute atomic E-state index is 0.0133. The molecular weight excluding hydrogens is 348 g/mol. The zero-order valence-electron chi connectivity index (χ0n) is 14.4. The quantitative estimate of drug-likeness (QED) is 0.557. The van der Waals surface area contributed by atoms with Gasteiger partial charge in [-0.3, -0.25) is 4.79 Å². The standard InChI is InChI=1S/C18H16N6O3/c1-26-12-6-4-5-11(9-12)20-15(25)10-24-14-8-3-2-7-13(14)21-18(24)16-17(19)23-27-22-16/h2-9H,10H2,1H3,(H2,19,23)(H,20,25). The normalized spacial score (nSPS) is 10.9. The smallest absolute Gasteiger partial charge is 0.244 e. The van der Waals surface area contributed by atoms with Gasteiger partial charge in [-0.15, -0.1) is 0 Å². The van der Waals surface area contributed by atoms with E-state index in [0.29, 0.717) is 28.5 Å². The molecule has 0 saturated heterocycles. The van der Waals surface area contributed by atoms with E-state index < -0.39 is 0 Å². The molecule has 2 aromatic heterocycles. The Hall–Kier alpha value is -3.88. The van der Waals surface area contributed by atoms with Gasteiger partial charge in [-0.05, 0) is 34.6 Å². The number of methoxy groups -OCH3 is 1.